The minimum Gasteiger partial charge on any atom is -0.350 e. The highest BCUT2D eigenvalue weighted by Gasteiger charge is 2.39. The first kappa shape index (κ1) is 16.4. The van der Waals surface area contributed by atoms with Gasteiger partial charge in [-0.3, -0.25) is 4.79 Å². The van der Waals surface area contributed by atoms with Gasteiger partial charge in [-0.05, 0) is 38.3 Å². The molecular weight excluding hydrogens is 332 g/mol. The van der Waals surface area contributed by atoms with Crippen LogP contribution in [-0.4, -0.2) is 36.4 Å². The highest BCUT2D eigenvalue weighted by atomic mass is 32.2. The number of nitrogens with one attached hydrogen (secondary N) is 1. The number of hydrogen-bond acceptors (Lipinski definition) is 5. The lowest BCUT2D eigenvalue weighted by atomic mass is 10.0. The van der Waals surface area contributed by atoms with E-state index in [-0.39, 0.29) is 17.4 Å². The van der Waals surface area contributed by atoms with E-state index >= 15 is 0 Å². The van der Waals surface area contributed by atoms with Crippen LogP contribution in [0, 0.1) is 0 Å². The third kappa shape index (κ3) is 4.09. The summed E-state index contributed by atoms with van der Waals surface area (Å²) in [4.78, 5) is 16.6. The average molecular weight is 352 g/mol. The molecule has 0 bridgehead atoms. The number of carbonyl (C=O) groups is 1. The number of nitrogens with zero attached hydrogens (tertiary/aromatic N) is 1. The van der Waals surface area contributed by atoms with Gasteiger partial charge in [-0.15, -0.1) is 11.3 Å². The van der Waals surface area contributed by atoms with Gasteiger partial charge in [0.05, 0.1) is 32.3 Å². The predicted octanol–water partition coefficient (Wildman–Crippen LogP) is 2.31. The van der Waals surface area contributed by atoms with Gasteiger partial charge in [0.1, 0.15) is 0 Å². The number of fused-ring (bicyclic) bond motifs is 1. The summed E-state index contributed by atoms with van der Waals surface area (Å²) in [6.07, 6.45) is 2.38. The minimum atomic E-state index is -3.00. The highest BCUT2D eigenvalue weighted by Crippen LogP contribution is 2.24. The van der Waals surface area contributed by atoms with Crippen molar-refractivity contribution in [2.24, 2.45) is 0 Å². The molecule has 1 unspecified atom stereocenters. The zero-order valence-electron chi connectivity index (χ0n) is 13.0. The molecule has 23 heavy (non-hydrogen) atoms. The van der Waals surface area contributed by atoms with Crippen molar-refractivity contribution in [1.82, 2.24) is 10.3 Å². The van der Waals surface area contributed by atoms with Crippen molar-refractivity contribution in [2.75, 3.05) is 11.5 Å². The lowest BCUT2D eigenvalue weighted by molar-refractivity contribution is -0.122. The number of thiazole rings is 1. The number of hydrogen-bond donors (Lipinski definition) is 1. The molecule has 1 fully saturated rings. The third-order valence-electron chi connectivity index (χ3n) is 4.08. The number of aryl methyl sites for hydroxylation is 1. The molecule has 0 aliphatic carbocycles. The molecule has 1 N–H and O–H groups in total. The van der Waals surface area contributed by atoms with Crippen LogP contribution in [0.5, 0.6) is 0 Å². The zero-order valence-corrected chi connectivity index (χ0v) is 14.7. The highest BCUT2D eigenvalue weighted by molar-refractivity contribution is 7.91. The number of para-hydroxylation sites is 1. The van der Waals surface area contributed by atoms with E-state index in [1.165, 1.54) is 0 Å². The summed E-state index contributed by atoms with van der Waals surface area (Å²) in [5.41, 5.74) is 0.395. The Balaban J connectivity index is 1.49. The molecule has 5 nitrogen and oxygen atoms in total. The van der Waals surface area contributed by atoms with Gasteiger partial charge >= 0.3 is 0 Å². The van der Waals surface area contributed by atoms with E-state index in [1.54, 1.807) is 11.3 Å². The molecule has 2 heterocycles. The van der Waals surface area contributed by atoms with Gasteiger partial charge in [0.15, 0.2) is 9.84 Å². The fraction of sp³-hybridized carbons (Fsp3) is 0.500. The monoisotopic (exact) mass is 352 g/mol. The molecule has 1 aliphatic heterocycles. The van der Waals surface area contributed by atoms with Crippen LogP contribution in [0.4, 0.5) is 0 Å². The number of sulfone groups is 1. The Hall–Kier alpha value is -1.47. The van der Waals surface area contributed by atoms with Crippen molar-refractivity contribution in [3.63, 3.8) is 0 Å². The van der Waals surface area contributed by atoms with Crippen LogP contribution in [-0.2, 0) is 21.1 Å². The molecule has 0 spiro atoms. The number of amides is 1. The van der Waals surface area contributed by atoms with Crippen LogP contribution < -0.4 is 5.32 Å². The maximum Gasteiger partial charge on any atom is 0.220 e. The Morgan fingerprint density at radius 1 is 1.39 bits per heavy atom. The van der Waals surface area contributed by atoms with Crippen molar-refractivity contribution in [2.45, 2.75) is 38.1 Å². The van der Waals surface area contributed by atoms with E-state index in [9.17, 15) is 13.2 Å². The van der Waals surface area contributed by atoms with Crippen molar-refractivity contribution in [1.29, 1.82) is 0 Å². The van der Waals surface area contributed by atoms with Crippen LogP contribution in [0.1, 0.15) is 31.2 Å². The first-order valence-electron chi connectivity index (χ1n) is 7.71. The van der Waals surface area contributed by atoms with Gasteiger partial charge in [-0.2, -0.15) is 0 Å². The molecule has 0 saturated carbocycles. The molecule has 1 atom stereocenters. The van der Waals surface area contributed by atoms with E-state index in [1.807, 2.05) is 31.2 Å². The molecule has 124 valence electrons. The summed E-state index contributed by atoms with van der Waals surface area (Å²) in [6.45, 7) is 1.81. The molecule has 1 aromatic carbocycles. The van der Waals surface area contributed by atoms with E-state index in [2.05, 4.69) is 10.3 Å². The van der Waals surface area contributed by atoms with Gasteiger partial charge in [0.2, 0.25) is 5.91 Å². The summed E-state index contributed by atoms with van der Waals surface area (Å²) in [6, 6.07) is 8.00. The Kier molecular flexibility index (Phi) is 4.42. The van der Waals surface area contributed by atoms with Gasteiger partial charge in [-0.25, -0.2) is 13.4 Å². The Morgan fingerprint density at radius 3 is 2.87 bits per heavy atom. The van der Waals surface area contributed by atoms with Crippen molar-refractivity contribution in [3.05, 3.63) is 29.3 Å². The number of benzene rings is 1. The predicted molar refractivity (Wildman–Crippen MR) is 92.4 cm³/mol. The second-order valence-corrected chi connectivity index (χ2v) is 9.68. The van der Waals surface area contributed by atoms with Gasteiger partial charge < -0.3 is 5.32 Å². The third-order valence-corrected chi connectivity index (χ3v) is 7.08. The molecule has 1 aliphatic rings. The van der Waals surface area contributed by atoms with E-state index in [0.717, 1.165) is 21.6 Å². The summed E-state index contributed by atoms with van der Waals surface area (Å²) in [7, 11) is -3.00. The first-order valence-corrected chi connectivity index (χ1v) is 10.3. The van der Waals surface area contributed by atoms with E-state index in [0.29, 0.717) is 19.3 Å². The summed E-state index contributed by atoms with van der Waals surface area (Å²) in [5, 5.41) is 3.92. The van der Waals surface area contributed by atoms with Crippen LogP contribution in [0.2, 0.25) is 0 Å². The average Bonchev–Trinajstić information content (AvgIpc) is 2.98. The molecular formula is C16H20N2O3S2. The summed E-state index contributed by atoms with van der Waals surface area (Å²) >= 11 is 1.66. The van der Waals surface area contributed by atoms with Crippen molar-refractivity contribution >= 4 is 37.3 Å². The van der Waals surface area contributed by atoms with Gasteiger partial charge in [0.25, 0.3) is 0 Å². The number of carbonyl (C=O) groups excluding carboxylic acids is 1. The largest absolute Gasteiger partial charge is 0.350 e. The Bertz CT molecular complexity index is 796. The topological polar surface area (TPSA) is 76.1 Å². The molecule has 1 aromatic heterocycles. The molecule has 2 aromatic rings. The van der Waals surface area contributed by atoms with Gasteiger partial charge in [0, 0.05) is 6.42 Å². The van der Waals surface area contributed by atoms with Crippen LogP contribution in [0.3, 0.4) is 0 Å². The number of rotatable bonds is 5. The van der Waals surface area contributed by atoms with Crippen molar-refractivity contribution < 1.29 is 13.2 Å². The second kappa shape index (κ2) is 6.20. The van der Waals surface area contributed by atoms with Crippen molar-refractivity contribution in [3.8, 4) is 0 Å². The summed E-state index contributed by atoms with van der Waals surface area (Å²) in [5.74, 6) is 0.129. The Labute approximate surface area is 140 Å². The van der Waals surface area contributed by atoms with Crippen LogP contribution in [0.15, 0.2) is 24.3 Å². The normalized spacial score (nSPS) is 23.2. The summed E-state index contributed by atoms with van der Waals surface area (Å²) < 4.78 is 24.3. The quantitative estimate of drug-likeness (QED) is 0.896. The Morgan fingerprint density at radius 2 is 2.17 bits per heavy atom. The fourth-order valence-corrected chi connectivity index (χ4v) is 6.04. The molecule has 1 amide bonds. The van der Waals surface area contributed by atoms with Gasteiger partial charge in [-0.1, -0.05) is 12.1 Å². The molecule has 1 saturated heterocycles. The molecule has 0 radical (unpaired) electrons. The maximum absolute atomic E-state index is 12.1. The van der Waals surface area contributed by atoms with Crippen LogP contribution >= 0.6 is 11.3 Å². The van der Waals surface area contributed by atoms with E-state index in [4.69, 9.17) is 0 Å². The maximum atomic E-state index is 12.1. The minimum absolute atomic E-state index is 0.0452. The molecule has 3 rings (SSSR count). The second-order valence-electron chi connectivity index (χ2n) is 6.38. The SMILES string of the molecule is CC1(NC(=O)CCCc2nc3ccccc3s2)CCS(=O)(=O)C1. The lowest BCUT2D eigenvalue weighted by Crippen LogP contribution is -2.46. The number of aromatic nitrogens is 1. The first-order chi connectivity index (χ1) is 10.9. The lowest BCUT2D eigenvalue weighted by Gasteiger charge is -2.23. The van der Waals surface area contributed by atoms with E-state index < -0.39 is 15.4 Å². The van der Waals surface area contributed by atoms with Crippen LogP contribution in [0.25, 0.3) is 10.2 Å². The standard InChI is InChI=1S/C16H20N2O3S2/c1-16(9-10-23(20,21)11-16)18-14(19)7-4-8-15-17-12-5-2-3-6-13(12)22-15/h2-3,5-6H,4,7-11H2,1H3,(H,18,19). The smallest absolute Gasteiger partial charge is 0.220 e. The zero-order chi connectivity index (χ0) is 16.5. The molecule has 7 heteroatoms. The fourth-order valence-electron chi connectivity index (χ4n) is 2.94.